The molecule has 1 N–H and O–H groups in total. The average Bonchev–Trinajstić information content (AvgIpc) is 3.35. The number of alkyl halides is 3. The maximum absolute atomic E-state index is 14.2. The number of piperidine rings is 1. The van der Waals surface area contributed by atoms with Gasteiger partial charge in [-0.15, -0.1) is 0 Å². The van der Waals surface area contributed by atoms with Gasteiger partial charge in [0.25, 0.3) is 11.8 Å². The fourth-order valence-electron chi connectivity index (χ4n) is 4.46. The molecule has 0 aliphatic carbocycles. The van der Waals surface area contributed by atoms with Crippen LogP contribution in [0, 0.1) is 5.92 Å². The van der Waals surface area contributed by atoms with Crippen LogP contribution in [0.2, 0.25) is 5.02 Å². The zero-order valence-electron chi connectivity index (χ0n) is 20.2. The number of nitrogens with one attached hydrogen (secondary N) is 1. The molecule has 4 aromatic rings. The Kier molecular flexibility index (Phi) is 6.78. The van der Waals surface area contributed by atoms with E-state index in [1.807, 2.05) is 0 Å². The fraction of sp³-hybridized carbons (Fsp3) is 0.269. The fourth-order valence-corrected chi connectivity index (χ4v) is 4.71. The van der Waals surface area contributed by atoms with E-state index < -0.39 is 23.3 Å². The number of fused-ring (bicyclic) bond motifs is 1. The number of nitrogens with zero attached hydrogens (tertiary/aromatic N) is 5. The lowest BCUT2D eigenvalue weighted by Gasteiger charge is -2.30. The molecule has 0 unspecified atom stereocenters. The second kappa shape index (κ2) is 10.1. The van der Waals surface area contributed by atoms with Gasteiger partial charge in [-0.25, -0.2) is 9.67 Å². The molecular weight excluding hydrogens is 521 g/mol. The number of pyridine rings is 2. The predicted octanol–water partition coefficient (Wildman–Crippen LogP) is 5.61. The first-order chi connectivity index (χ1) is 18.1. The minimum Gasteiger partial charge on any atom is -0.337 e. The molecule has 0 bridgehead atoms. The number of anilines is 1. The highest BCUT2D eigenvalue weighted by Crippen LogP contribution is 2.35. The summed E-state index contributed by atoms with van der Waals surface area (Å²) in [5.74, 6) is -0.856. The molecule has 1 aliphatic rings. The van der Waals surface area contributed by atoms with Crippen LogP contribution in [0.4, 0.5) is 18.9 Å². The lowest BCUT2D eigenvalue weighted by atomic mass is 9.99. The van der Waals surface area contributed by atoms with Gasteiger partial charge in [0.05, 0.1) is 40.6 Å². The molecular formula is C26H22ClF3N6O2. The zero-order chi connectivity index (χ0) is 27.0. The monoisotopic (exact) mass is 542 g/mol. The summed E-state index contributed by atoms with van der Waals surface area (Å²) in [6.07, 6.45) is 1.68. The van der Waals surface area contributed by atoms with Crippen LogP contribution in [-0.4, -0.2) is 49.6 Å². The summed E-state index contributed by atoms with van der Waals surface area (Å²) < 4.78 is 43.3. The van der Waals surface area contributed by atoms with Crippen molar-refractivity contribution in [2.75, 3.05) is 18.4 Å². The molecule has 1 saturated heterocycles. The minimum atomic E-state index is -4.90. The van der Waals surface area contributed by atoms with Crippen molar-refractivity contribution in [3.63, 3.8) is 0 Å². The highest BCUT2D eigenvalue weighted by molar-refractivity contribution is 6.33. The largest absolute Gasteiger partial charge is 0.434 e. The van der Waals surface area contributed by atoms with Crippen LogP contribution in [0.3, 0.4) is 0 Å². The van der Waals surface area contributed by atoms with Crippen molar-refractivity contribution in [1.82, 2.24) is 24.6 Å². The summed E-state index contributed by atoms with van der Waals surface area (Å²) >= 11 is 6.28. The number of benzene rings is 1. The highest BCUT2D eigenvalue weighted by atomic mass is 35.5. The third kappa shape index (κ3) is 4.93. The van der Waals surface area contributed by atoms with Crippen LogP contribution < -0.4 is 5.32 Å². The van der Waals surface area contributed by atoms with Gasteiger partial charge in [-0.2, -0.15) is 18.3 Å². The summed E-state index contributed by atoms with van der Waals surface area (Å²) in [7, 11) is 0. The molecule has 0 atom stereocenters. The summed E-state index contributed by atoms with van der Waals surface area (Å²) in [6.45, 7) is 3.30. The molecule has 1 aromatic carbocycles. The van der Waals surface area contributed by atoms with Crippen LogP contribution in [0.1, 0.15) is 46.3 Å². The van der Waals surface area contributed by atoms with Crippen molar-refractivity contribution in [1.29, 1.82) is 0 Å². The Morgan fingerprint density at radius 2 is 1.82 bits per heavy atom. The molecule has 196 valence electrons. The Bertz CT molecular complexity index is 1520. The van der Waals surface area contributed by atoms with E-state index in [0.717, 1.165) is 19.0 Å². The first-order valence-corrected chi connectivity index (χ1v) is 12.3. The Labute approximate surface area is 220 Å². The van der Waals surface area contributed by atoms with Gasteiger partial charge in [-0.3, -0.25) is 14.6 Å². The minimum absolute atomic E-state index is 0.0139. The van der Waals surface area contributed by atoms with E-state index >= 15 is 0 Å². The number of hydrogen-bond acceptors (Lipinski definition) is 5. The Morgan fingerprint density at radius 3 is 2.53 bits per heavy atom. The maximum Gasteiger partial charge on any atom is 0.434 e. The topological polar surface area (TPSA) is 93.0 Å². The number of likely N-dealkylation sites (tertiary alicyclic amines) is 1. The predicted molar refractivity (Wildman–Crippen MR) is 135 cm³/mol. The number of amides is 2. The molecule has 8 nitrogen and oxygen atoms in total. The highest BCUT2D eigenvalue weighted by Gasteiger charge is 2.41. The Balaban J connectivity index is 1.43. The third-order valence-corrected chi connectivity index (χ3v) is 6.82. The van der Waals surface area contributed by atoms with Crippen LogP contribution in [0.5, 0.6) is 0 Å². The lowest BCUT2D eigenvalue weighted by Crippen LogP contribution is -2.38. The second-order valence-electron chi connectivity index (χ2n) is 9.18. The quantitative estimate of drug-likeness (QED) is 0.362. The van der Waals surface area contributed by atoms with Gasteiger partial charge >= 0.3 is 6.18 Å². The van der Waals surface area contributed by atoms with E-state index in [-0.39, 0.29) is 28.0 Å². The summed E-state index contributed by atoms with van der Waals surface area (Å²) in [5.41, 5.74) is -1.81. The van der Waals surface area contributed by atoms with E-state index in [0.29, 0.717) is 34.5 Å². The van der Waals surface area contributed by atoms with Gasteiger partial charge in [0.2, 0.25) is 0 Å². The van der Waals surface area contributed by atoms with Gasteiger partial charge in [-0.05, 0) is 24.8 Å². The van der Waals surface area contributed by atoms with Crippen molar-refractivity contribution < 1.29 is 22.8 Å². The Morgan fingerprint density at radius 1 is 1.08 bits per heavy atom. The molecule has 2 amide bonds. The molecule has 1 fully saturated rings. The third-order valence-electron chi connectivity index (χ3n) is 6.53. The van der Waals surface area contributed by atoms with Gasteiger partial charge in [0, 0.05) is 30.1 Å². The molecule has 0 spiro atoms. The number of rotatable bonds is 4. The lowest BCUT2D eigenvalue weighted by molar-refractivity contribution is -0.143. The number of aromatic nitrogens is 4. The van der Waals surface area contributed by atoms with E-state index in [4.69, 9.17) is 11.6 Å². The average molecular weight is 543 g/mol. The van der Waals surface area contributed by atoms with Crippen molar-refractivity contribution in [3.05, 3.63) is 77.1 Å². The normalized spacial score (nSPS) is 14.6. The first kappa shape index (κ1) is 25.7. The SMILES string of the molecule is CC1CCN(C(=O)c2ncc(NC(=O)c3cnn(-c4cncc5ccccc45)c3C(F)(F)F)cc2Cl)CC1. The standard InChI is InChI=1S/C26H22ClF3N6O2/c1-15-6-8-35(9-7-15)25(38)22-20(27)10-17(12-32-22)34-24(37)19-13-33-36(23(19)26(28,29)30)21-14-31-11-16-4-2-3-5-18(16)21/h2-5,10-15H,6-9H2,1H3,(H,34,37). The van der Waals surface area contributed by atoms with Crippen LogP contribution in [-0.2, 0) is 6.18 Å². The Hall–Kier alpha value is -3.99. The van der Waals surface area contributed by atoms with Crippen molar-refractivity contribution >= 4 is 39.9 Å². The smallest absolute Gasteiger partial charge is 0.337 e. The van der Waals surface area contributed by atoms with Crippen molar-refractivity contribution in [3.8, 4) is 5.69 Å². The van der Waals surface area contributed by atoms with E-state index in [1.54, 1.807) is 29.2 Å². The molecule has 4 heterocycles. The van der Waals surface area contributed by atoms with Crippen LogP contribution in [0.15, 0.2) is 55.1 Å². The van der Waals surface area contributed by atoms with Gasteiger partial charge in [-0.1, -0.05) is 42.8 Å². The van der Waals surface area contributed by atoms with Gasteiger partial charge in [0.1, 0.15) is 5.69 Å². The van der Waals surface area contributed by atoms with E-state index in [1.165, 1.54) is 24.7 Å². The summed E-state index contributed by atoms with van der Waals surface area (Å²) in [5, 5.41) is 7.36. The second-order valence-corrected chi connectivity index (χ2v) is 9.59. The molecule has 3 aromatic heterocycles. The van der Waals surface area contributed by atoms with Gasteiger partial charge in [0.15, 0.2) is 5.69 Å². The van der Waals surface area contributed by atoms with E-state index in [2.05, 4.69) is 27.3 Å². The van der Waals surface area contributed by atoms with Crippen LogP contribution in [0.25, 0.3) is 16.5 Å². The molecule has 38 heavy (non-hydrogen) atoms. The maximum atomic E-state index is 14.2. The molecule has 12 heteroatoms. The molecule has 5 rings (SSSR count). The zero-order valence-corrected chi connectivity index (χ0v) is 20.9. The van der Waals surface area contributed by atoms with Crippen molar-refractivity contribution in [2.45, 2.75) is 25.9 Å². The van der Waals surface area contributed by atoms with E-state index in [9.17, 15) is 22.8 Å². The first-order valence-electron chi connectivity index (χ1n) is 11.9. The van der Waals surface area contributed by atoms with Crippen molar-refractivity contribution in [2.24, 2.45) is 5.92 Å². The molecule has 0 radical (unpaired) electrons. The number of hydrogen-bond donors (Lipinski definition) is 1. The number of carbonyl (C=O) groups is 2. The number of halogens is 4. The molecule has 0 saturated carbocycles. The molecule has 1 aliphatic heterocycles. The van der Waals surface area contributed by atoms with Crippen LogP contribution >= 0.6 is 11.6 Å². The van der Waals surface area contributed by atoms with Gasteiger partial charge < -0.3 is 10.2 Å². The summed E-state index contributed by atoms with van der Waals surface area (Å²) in [6, 6.07) is 8.08. The number of carbonyl (C=O) groups excluding carboxylic acids is 2. The summed E-state index contributed by atoms with van der Waals surface area (Å²) in [4.78, 5) is 35.6.